The van der Waals surface area contributed by atoms with Crippen molar-refractivity contribution in [1.82, 2.24) is 4.90 Å². The van der Waals surface area contributed by atoms with Crippen molar-refractivity contribution < 1.29 is 28.9 Å². The largest absolute Gasteiger partial charge is 0.550 e. The Labute approximate surface area is 159 Å². The summed E-state index contributed by atoms with van der Waals surface area (Å²) in [4.78, 5) is 24.9. The molecule has 1 fully saturated rings. The van der Waals surface area contributed by atoms with Crippen molar-refractivity contribution in [2.24, 2.45) is 0 Å². The number of amides is 1. The van der Waals surface area contributed by atoms with Crippen LogP contribution >= 0.6 is 24.0 Å². The van der Waals surface area contributed by atoms with Crippen LogP contribution in [0.15, 0.2) is 17.0 Å². The van der Waals surface area contributed by atoms with Gasteiger partial charge in [-0.3, -0.25) is 9.69 Å². The Hall–Kier alpha value is -2.26. The highest BCUT2D eigenvalue weighted by Crippen LogP contribution is 2.42. The summed E-state index contributed by atoms with van der Waals surface area (Å²) in [6, 6.07) is 3.54. The summed E-state index contributed by atoms with van der Waals surface area (Å²) in [5, 5.41) is 10.5. The van der Waals surface area contributed by atoms with Crippen LogP contribution in [0, 0.1) is 0 Å². The molecule has 2 heterocycles. The third kappa shape index (κ3) is 3.94. The molecule has 138 valence electrons. The van der Waals surface area contributed by atoms with Crippen LogP contribution in [0.5, 0.6) is 17.2 Å². The number of rotatable bonds is 6. The van der Waals surface area contributed by atoms with Gasteiger partial charge >= 0.3 is 0 Å². The third-order valence-electron chi connectivity index (χ3n) is 3.78. The molecule has 2 aliphatic rings. The monoisotopic (exact) mass is 394 g/mol. The standard InChI is InChI=1S/C17H17NO6S2/c1-22-11-7-10(8-12-15(11)24-6-5-23-12)9-13-16(21)18(17(25)26-13)4-2-3-14(19)20/h7-9H,2-6H2,1H3,(H,19,20)/p-1/b13-9-. The van der Waals surface area contributed by atoms with Crippen LogP contribution in [0.3, 0.4) is 0 Å². The van der Waals surface area contributed by atoms with E-state index in [9.17, 15) is 14.7 Å². The lowest BCUT2D eigenvalue weighted by Gasteiger charge is -2.21. The van der Waals surface area contributed by atoms with Crippen LogP contribution in [0.25, 0.3) is 6.08 Å². The summed E-state index contributed by atoms with van der Waals surface area (Å²) in [5.41, 5.74) is 0.723. The Kier molecular flexibility index (Phi) is 5.67. The number of nitrogens with zero attached hydrogens (tertiary/aromatic N) is 1. The predicted molar refractivity (Wildman–Crippen MR) is 98.1 cm³/mol. The van der Waals surface area contributed by atoms with Crippen molar-refractivity contribution in [1.29, 1.82) is 0 Å². The van der Waals surface area contributed by atoms with Gasteiger partial charge in [0, 0.05) is 12.5 Å². The topological polar surface area (TPSA) is 88.1 Å². The number of carboxylic acids is 1. The van der Waals surface area contributed by atoms with E-state index in [4.69, 9.17) is 26.4 Å². The van der Waals surface area contributed by atoms with Crippen molar-refractivity contribution in [2.75, 3.05) is 26.9 Å². The summed E-state index contributed by atoms with van der Waals surface area (Å²) >= 11 is 6.41. The average Bonchev–Trinajstić information content (AvgIpc) is 2.88. The molecule has 0 spiro atoms. The zero-order valence-electron chi connectivity index (χ0n) is 14.0. The van der Waals surface area contributed by atoms with Gasteiger partial charge in [-0.2, -0.15) is 0 Å². The van der Waals surface area contributed by atoms with Gasteiger partial charge in [-0.25, -0.2) is 0 Å². The lowest BCUT2D eigenvalue weighted by Crippen LogP contribution is -2.30. The first-order valence-electron chi connectivity index (χ1n) is 7.92. The number of hydrogen-bond acceptors (Lipinski definition) is 8. The second-order valence-corrected chi connectivity index (χ2v) is 7.23. The molecule has 1 saturated heterocycles. The van der Waals surface area contributed by atoms with E-state index in [1.807, 2.05) is 0 Å². The van der Waals surface area contributed by atoms with Crippen LogP contribution < -0.4 is 19.3 Å². The maximum atomic E-state index is 12.5. The molecule has 0 aliphatic carbocycles. The van der Waals surface area contributed by atoms with Gasteiger partial charge in [0.2, 0.25) is 5.75 Å². The molecule has 1 aromatic rings. The fourth-order valence-corrected chi connectivity index (χ4v) is 3.91. The normalized spacial score (nSPS) is 17.7. The van der Waals surface area contributed by atoms with Gasteiger partial charge in [0.25, 0.3) is 5.91 Å². The highest BCUT2D eigenvalue weighted by atomic mass is 32.2. The van der Waals surface area contributed by atoms with Gasteiger partial charge in [0.1, 0.15) is 17.5 Å². The summed E-state index contributed by atoms with van der Waals surface area (Å²) in [7, 11) is 1.54. The maximum absolute atomic E-state index is 12.5. The third-order valence-corrected chi connectivity index (χ3v) is 5.16. The Bertz CT molecular complexity index is 774. The zero-order chi connectivity index (χ0) is 18.7. The second kappa shape index (κ2) is 7.96. The molecule has 0 saturated carbocycles. The van der Waals surface area contributed by atoms with Gasteiger partial charge in [-0.15, -0.1) is 0 Å². The van der Waals surface area contributed by atoms with E-state index in [0.717, 1.165) is 5.56 Å². The number of thiocarbonyl (C=S) groups is 1. The van der Waals surface area contributed by atoms with E-state index in [2.05, 4.69) is 0 Å². The van der Waals surface area contributed by atoms with Crippen LogP contribution in [0.4, 0.5) is 0 Å². The second-order valence-electron chi connectivity index (χ2n) is 5.56. The molecule has 1 amide bonds. The maximum Gasteiger partial charge on any atom is 0.266 e. The first-order valence-corrected chi connectivity index (χ1v) is 9.15. The molecule has 0 aromatic heterocycles. The van der Waals surface area contributed by atoms with Gasteiger partial charge < -0.3 is 24.1 Å². The first-order chi connectivity index (χ1) is 12.5. The van der Waals surface area contributed by atoms with Crippen molar-refractivity contribution in [3.8, 4) is 17.2 Å². The molecule has 0 radical (unpaired) electrons. The van der Waals surface area contributed by atoms with E-state index in [0.29, 0.717) is 46.1 Å². The molecule has 26 heavy (non-hydrogen) atoms. The summed E-state index contributed by atoms with van der Waals surface area (Å²) < 4.78 is 16.9. The number of aliphatic carboxylic acids is 1. The number of benzene rings is 1. The lowest BCUT2D eigenvalue weighted by atomic mass is 10.1. The minimum Gasteiger partial charge on any atom is -0.550 e. The van der Waals surface area contributed by atoms with Crippen molar-refractivity contribution in [2.45, 2.75) is 12.8 Å². The summed E-state index contributed by atoms with van der Waals surface area (Å²) in [6.45, 7) is 1.15. The average molecular weight is 394 g/mol. The number of carboxylic acid groups (broad SMARTS) is 1. The van der Waals surface area contributed by atoms with Crippen LogP contribution in [-0.4, -0.2) is 48.0 Å². The fourth-order valence-electron chi connectivity index (χ4n) is 2.60. The highest BCUT2D eigenvalue weighted by Gasteiger charge is 2.31. The Balaban J connectivity index is 1.80. The molecule has 2 aliphatic heterocycles. The van der Waals surface area contributed by atoms with Crippen molar-refractivity contribution in [3.05, 3.63) is 22.6 Å². The summed E-state index contributed by atoms with van der Waals surface area (Å²) in [5.74, 6) is 0.247. The summed E-state index contributed by atoms with van der Waals surface area (Å²) in [6.07, 6.45) is 1.88. The van der Waals surface area contributed by atoms with E-state index in [-0.39, 0.29) is 18.9 Å². The molecule has 1 aromatic carbocycles. The number of carbonyl (C=O) groups excluding carboxylic acids is 2. The van der Waals surface area contributed by atoms with Crippen LogP contribution in [0.1, 0.15) is 18.4 Å². The smallest absolute Gasteiger partial charge is 0.266 e. The van der Waals surface area contributed by atoms with E-state index < -0.39 is 5.97 Å². The van der Waals surface area contributed by atoms with E-state index in [1.165, 1.54) is 23.8 Å². The van der Waals surface area contributed by atoms with Crippen molar-refractivity contribution in [3.63, 3.8) is 0 Å². The number of methoxy groups -OCH3 is 1. The van der Waals surface area contributed by atoms with Crippen LogP contribution in [0.2, 0.25) is 0 Å². The number of ether oxygens (including phenoxy) is 3. The highest BCUT2D eigenvalue weighted by molar-refractivity contribution is 8.26. The minimum atomic E-state index is -1.14. The van der Waals surface area contributed by atoms with Crippen molar-refractivity contribution >= 4 is 46.3 Å². The molecule has 0 unspecified atom stereocenters. The number of thioether (sulfide) groups is 1. The van der Waals surface area contributed by atoms with Crippen LogP contribution in [-0.2, 0) is 9.59 Å². The molecule has 0 bridgehead atoms. The van der Waals surface area contributed by atoms with Gasteiger partial charge in [-0.05, 0) is 36.6 Å². The molecular weight excluding hydrogens is 378 g/mol. The van der Waals surface area contributed by atoms with Gasteiger partial charge in [0.05, 0.1) is 12.0 Å². The first kappa shape index (κ1) is 18.5. The van der Waals surface area contributed by atoms with Gasteiger partial charge in [0.15, 0.2) is 11.5 Å². The molecule has 3 rings (SSSR count). The zero-order valence-corrected chi connectivity index (χ0v) is 15.6. The molecular formula is C17H16NO6S2-. The van der Waals surface area contributed by atoms with E-state index >= 15 is 0 Å². The molecule has 0 atom stereocenters. The number of carbonyl (C=O) groups is 2. The molecule has 7 nitrogen and oxygen atoms in total. The lowest BCUT2D eigenvalue weighted by molar-refractivity contribution is -0.305. The molecule has 0 N–H and O–H groups in total. The Morgan fingerprint density at radius 2 is 2.19 bits per heavy atom. The van der Waals surface area contributed by atoms with Gasteiger partial charge in [-0.1, -0.05) is 24.0 Å². The SMILES string of the molecule is COc1cc(/C=C2\SC(=S)N(CCCC(=O)[O-])C2=O)cc2c1OCCO2. The Morgan fingerprint density at radius 1 is 1.42 bits per heavy atom. The quantitative estimate of drug-likeness (QED) is 0.525. The predicted octanol–water partition coefficient (Wildman–Crippen LogP) is 1.20. The van der Waals surface area contributed by atoms with E-state index in [1.54, 1.807) is 18.2 Å². The minimum absolute atomic E-state index is 0.116. The molecule has 9 heteroatoms. The number of fused-ring (bicyclic) bond motifs is 1. The fraction of sp³-hybridized carbons (Fsp3) is 0.353. The number of hydrogen-bond donors (Lipinski definition) is 0. The Morgan fingerprint density at radius 3 is 2.92 bits per heavy atom.